The van der Waals surface area contributed by atoms with E-state index in [2.05, 4.69) is 70.8 Å². The van der Waals surface area contributed by atoms with Gasteiger partial charge in [0.2, 0.25) is 0 Å². The Morgan fingerprint density at radius 1 is 1.22 bits per heavy atom. The van der Waals surface area contributed by atoms with E-state index in [0.29, 0.717) is 0 Å². The minimum absolute atomic E-state index is 0.884. The van der Waals surface area contributed by atoms with Crippen molar-refractivity contribution >= 4 is 22.6 Å². The molecule has 1 aromatic carbocycles. The Labute approximate surface area is 124 Å². The number of hydrogen-bond acceptors (Lipinski definition) is 2. The molecule has 2 nitrogen and oxygen atoms in total. The normalized spacial score (nSPS) is 18.4. The quantitative estimate of drug-likeness (QED) is 0.764. The highest BCUT2D eigenvalue weighted by molar-refractivity contribution is 14.1. The summed E-state index contributed by atoms with van der Waals surface area (Å²) >= 11 is 2.36. The Hall–Kier alpha value is -0.130. The van der Waals surface area contributed by atoms with Gasteiger partial charge in [0.1, 0.15) is 0 Å². The number of piperidine rings is 1. The van der Waals surface area contributed by atoms with E-state index >= 15 is 0 Å². The summed E-state index contributed by atoms with van der Waals surface area (Å²) in [6.45, 7) is 4.84. The van der Waals surface area contributed by atoms with Crippen molar-refractivity contribution in [3.63, 3.8) is 0 Å². The fraction of sp³-hybridized carbons (Fsp3) is 0.600. The van der Waals surface area contributed by atoms with Crippen LogP contribution in [0.2, 0.25) is 0 Å². The molecule has 2 rings (SSSR count). The van der Waals surface area contributed by atoms with E-state index in [0.717, 1.165) is 12.5 Å². The summed E-state index contributed by atoms with van der Waals surface area (Å²) in [5, 5.41) is 0. The van der Waals surface area contributed by atoms with Crippen LogP contribution in [-0.4, -0.2) is 43.5 Å². The standard InChI is InChI=1S/C15H23IN2/c1-17-9-7-14(8-10-17)12-18(2)11-13-3-5-15(16)6-4-13/h3-6,14H,7-12H2,1-2H3. The molecule has 0 saturated carbocycles. The Morgan fingerprint density at radius 3 is 2.44 bits per heavy atom. The highest BCUT2D eigenvalue weighted by Gasteiger charge is 2.17. The van der Waals surface area contributed by atoms with E-state index in [1.54, 1.807) is 0 Å². The lowest BCUT2D eigenvalue weighted by molar-refractivity contribution is 0.173. The summed E-state index contributed by atoms with van der Waals surface area (Å²) in [6.07, 6.45) is 2.71. The fourth-order valence-corrected chi connectivity index (χ4v) is 3.01. The second-order valence-corrected chi connectivity index (χ2v) is 6.82. The van der Waals surface area contributed by atoms with Crippen LogP contribution in [0.3, 0.4) is 0 Å². The smallest absolute Gasteiger partial charge is 0.0230 e. The van der Waals surface area contributed by atoms with Crippen LogP contribution < -0.4 is 0 Å². The topological polar surface area (TPSA) is 6.48 Å². The molecule has 0 aromatic heterocycles. The molecule has 18 heavy (non-hydrogen) atoms. The molecule has 0 unspecified atom stereocenters. The predicted molar refractivity (Wildman–Crippen MR) is 85.7 cm³/mol. The number of halogens is 1. The minimum atomic E-state index is 0.884. The molecule has 1 aliphatic rings. The molecule has 0 N–H and O–H groups in total. The molecule has 1 fully saturated rings. The maximum Gasteiger partial charge on any atom is 0.0230 e. The zero-order valence-electron chi connectivity index (χ0n) is 11.4. The van der Waals surface area contributed by atoms with Gasteiger partial charge in [0.05, 0.1) is 0 Å². The first kappa shape index (κ1) is 14.3. The van der Waals surface area contributed by atoms with Gasteiger partial charge in [-0.25, -0.2) is 0 Å². The number of likely N-dealkylation sites (tertiary alicyclic amines) is 1. The molecule has 0 amide bonds. The molecule has 0 spiro atoms. The molecule has 100 valence electrons. The molecule has 1 saturated heterocycles. The Morgan fingerprint density at radius 2 is 1.83 bits per heavy atom. The lowest BCUT2D eigenvalue weighted by atomic mass is 9.96. The van der Waals surface area contributed by atoms with Crippen LogP contribution in [0.15, 0.2) is 24.3 Å². The van der Waals surface area contributed by atoms with Gasteiger partial charge in [-0.2, -0.15) is 0 Å². The van der Waals surface area contributed by atoms with E-state index in [1.165, 1.54) is 41.6 Å². The van der Waals surface area contributed by atoms with Crippen LogP contribution in [0.1, 0.15) is 18.4 Å². The van der Waals surface area contributed by atoms with Crippen molar-refractivity contribution in [3.8, 4) is 0 Å². The lowest BCUT2D eigenvalue weighted by Gasteiger charge is -2.31. The Kier molecular flexibility index (Phi) is 5.45. The molecular formula is C15H23IN2. The first-order valence-corrected chi connectivity index (χ1v) is 7.83. The summed E-state index contributed by atoms with van der Waals surface area (Å²) in [5.74, 6) is 0.884. The van der Waals surface area contributed by atoms with E-state index in [9.17, 15) is 0 Å². The lowest BCUT2D eigenvalue weighted by Crippen LogP contribution is -2.35. The van der Waals surface area contributed by atoms with Crippen molar-refractivity contribution in [2.75, 3.05) is 33.7 Å². The zero-order valence-corrected chi connectivity index (χ0v) is 13.6. The molecule has 1 aromatic rings. The molecule has 0 bridgehead atoms. The van der Waals surface area contributed by atoms with Crippen molar-refractivity contribution in [3.05, 3.63) is 33.4 Å². The second kappa shape index (κ2) is 6.87. The van der Waals surface area contributed by atoms with Gasteiger partial charge >= 0.3 is 0 Å². The minimum Gasteiger partial charge on any atom is -0.306 e. The van der Waals surface area contributed by atoms with Gasteiger partial charge < -0.3 is 9.80 Å². The van der Waals surface area contributed by atoms with Crippen molar-refractivity contribution in [1.82, 2.24) is 9.80 Å². The Bertz CT molecular complexity index is 355. The van der Waals surface area contributed by atoms with Gasteiger partial charge in [-0.05, 0) is 86.2 Å². The fourth-order valence-electron chi connectivity index (χ4n) is 2.65. The average Bonchev–Trinajstić information content (AvgIpc) is 2.35. The number of benzene rings is 1. The highest BCUT2D eigenvalue weighted by atomic mass is 127. The molecular weight excluding hydrogens is 335 g/mol. The molecule has 1 aliphatic heterocycles. The van der Waals surface area contributed by atoms with Crippen LogP contribution in [0, 0.1) is 9.49 Å². The average molecular weight is 358 g/mol. The third kappa shape index (κ3) is 4.52. The highest BCUT2D eigenvalue weighted by Crippen LogP contribution is 2.18. The summed E-state index contributed by atoms with van der Waals surface area (Å²) in [5.41, 5.74) is 1.42. The first-order valence-electron chi connectivity index (χ1n) is 6.75. The predicted octanol–water partition coefficient (Wildman–Crippen LogP) is 3.06. The van der Waals surface area contributed by atoms with Gasteiger partial charge in [-0.15, -0.1) is 0 Å². The molecule has 3 heteroatoms. The number of hydrogen-bond donors (Lipinski definition) is 0. The summed E-state index contributed by atoms with van der Waals surface area (Å²) in [4.78, 5) is 4.91. The van der Waals surface area contributed by atoms with E-state index in [1.807, 2.05) is 0 Å². The van der Waals surface area contributed by atoms with Crippen molar-refractivity contribution < 1.29 is 0 Å². The summed E-state index contributed by atoms with van der Waals surface area (Å²) in [6, 6.07) is 8.87. The zero-order chi connectivity index (χ0) is 13.0. The Balaban J connectivity index is 1.78. The largest absolute Gasteiger partial charge is 0.306 e. The van der Waals surface area contributed by atoms with Crippen molar-refractivity contribution in [2.45, 2.75) is 19.4 Å². The van der Waals surface area contributed by atoms with Gasteiger partial charge in [-0.1, -0.05) is 12.1 Å². The third-order valence-corrected chi connectivity index (χ3v) is 4.49. The SMILES string of the molecule is CN1CCC(CN(C)Cc2ccc(I)cc2)CC1. The van der Waals surface area contributed by atoms with Crippen LogP contribution in [0.4, 0.5) is 0 Å². The number of nitrogens with zero attached hydrogens (tertiary/aromatic N) is 2. The van der Waals surface area contributed by atoms with E-state index < -0.39 is 0 Å². The van der Waals surface area contributed by atoms with Gasteiger partial charge in [0.25, 0.3) is 0 Å². The van der Waals surface area contributed by atoms with Crippen LogP contribution in [0.5, 0.6) is 0 Å². The first-order chi connectivity index (χ1) is 8.63. The van der Waals surface area contributed by atoms with Gasteiger partial charge in [-0.3, -0.25) is 0 Å². The molecule has 1 heterocycles. The molecule has 0 atom stereocenters. The van der Waals surface area contributed by atoms with E-state index in [4.69, 9.17) is 0 Å². The van der Waals surface area contributed by atoms with Crippen molar-refractivity contribution in [2.24, 2.45) is 5.92 Å². The molecule has 0 radical (unpaired) electrons. The van der Waals surface area contributed by atoms with Crippen molar-refractivity contribution in [1.29, 1.82) is 0 Å². The summed E-state index contributed by atoms with van der Waals surface area (Å²) < 4.78 is 1.31. The van der Waals surface area contributed by atoms with Crippen LogP contribution in [0.25, 0.3) is 0 Å². The van der Waals surface area contributed by atoms with Gasteiger partial charge in [0, 0.05) is 16.7 Å². The maximum absolute atomic E-state index is 2.47. The maximum atomic E-state index is 2.47. The molecule has 0 aliphatic carbocycles. The van der Waals surface area contributed by atoms with Crippen LogP contribution >= 0.6 is 22.6 Å². The number of rotatable bonds is 4. The second-order valence-electron chi connectivity index (χ2n) is 5.57. The summed E-state index contributed by atoms with van der Waals surface area (Å²) in [7, 11) is 4.47. The monoisotopic (exact) mass is 358 g/mol. The van der Waals surface area contributed by atoms with E-state index in [-0.39, 0.29) is 0 Å². The van der Waals surface area contributed by atoms with Gasteiger partial charge in [0.15, 0.2) is 0 Å². The third-order valence-electron chi connectivity index (χ3n) is 3.77. The van der Waals surface area contributed by atoms with Crippen LogP contribution in [-0.2, 0) is 6.54 Å².